The van der Waals surface area contributed by atoms with Gasteiger partial charge < -0.3 is 30.5 Å². The predicted molar refractivity (Wildman–Crippen MR) is 156 cm³/mol. The Bertz CT molecular complexity index is 1010. The van der Waals surface area contributed by atoms with Gasteiger partial charge in [0.15, 0.2) is 0 Å². The number of benzene rings is 1. The summed E-state index contributed by atoms with van der Waals surface area (Å²) in [7, 11) is 1.24. The van der Waals surface area contributed by atoms with Crippen LogP contribution in [0.2, 0.25) is 0 Å². The molecule has 1 aromatic rings. The van der Waals surface area contributed by atoms with Gasteiger partial charge in [0.1, 0.15) is 17.5 Å². The average Bonchev–Trinajstić information content (AvgIpc) is 2.93. The summed E-state index contributed by atoms with van der Waals surface area (Å²) in [6, 6.07) is 4.39. The Kier molecular flexibility index (Phi) is 14.7. The van der Waals surface area contributed by atoms with Crippen LogP contribution in [-0.2, 0) is 30.3 Å². The van der Waals surface area contributed by atoms with E-state index in [0.717, 1.165) is 37.7 Å². The van der Waals surface area contributed by atoms with Crippen LogP contribution in [0.3, 0.4) is 0 Å². The number of aliphatic hydroxyl groups is 1. The van der Waals surface area contributed by atoms with Crippen molar-refractivity contribution in [3.63, 3.8) is 0 Å². The van der Waals surface area contributed by atoms with Crippen molar-refractivity contribution >= 4 is 23.9 Å². The van der Waals surface area contributed by atoms with Gasteiger partial charge in [0.25, 0.3) is 0 Å². The highest BCUT2D eigenvalue weighted by Gasteiger charge is 2.30. The van der Waals surface area contributed by atoms with E-state index < -0.39 is 47.7 Å². The third kappa shape index (κ3) is 14.1. The minimum absolute atomic E-state index is 0.0139. The number of hydrogen-bond acceptors (Lipinski definition) is 7. The van der Waals surface area contributed by atoms with Crippen LogP contribution in [0.4, 0.5) is 9.18 Å². The van der Waals surface area contributed by atoms with Crippen molar-refractivity contribution in [1.82, 2.24) is 16.0 Å². The molecule has 4 N–H and O–H groups in total. The Balaban J connectivity index is 1.98. The van der Waals surface area contributed by atoms with Crippen LogP contribution < -0.4 is 16.0 Å². The number of methoxy groups -OCH3 is 1. The Hall–Kier alpha value is -3.21. The quantitative estimate of drug-likeness (QED) is 0.178. The molecule has 0 heterocycles. The van der Waals surface area contributed by atoms with Crippen molar-refractivity contribution < 1.29 is 38.1 Å². The summed E-state index contributed by atoms with van der Waals surface area (Å²) in [4.78, 5) is 50.2. The summed E-state index contributed by atoms with van der Waals surface area (Å²) in [5, 5.41) is 19.2. The van der Waals surface area contributed by atoms with Gasteiger partial charge in [-0.1, -0.05) is 44.2 Å². The number of nitrogens with one attached hydrogen (secondary N) is 3. The summed E-state index contributed by atoms with van der Waals surface area (Å²) in [5.41, 5.74) is 0.207. The lowest BCUT2D eigenvalue weighted by molar-refractivity contribution is -0.141. The normalized spacial score (nSPS) is 16.0. The lowest BCUT2D eigenvalue weighted by Crippen LogP contribution is -2.51. The molecule has 1 aromatic carbocycles. The van der Waals surface area contributed by atoms with Gasteiger partial charge >= 0.3 is 12.1 Å². The van der Waals surface area contributed by atoms with Gasteiger partial charge in [-0.3, -0.25) is 14.4 Å². The van der Waals surface area contributed by atoms with E-state index in [1.807, 2.05) is 0 Å². The van der Waals surface area contributed by atoms with E-state index in [0.29, 0.717) is 31.7 Å². The molecule has 2 unspecified atom stereocenters. The average molecular weight is 594 g/mol. The maximum atomic E-state index is 13.1. The first-order chi connectivity index (χ1) is 19.9. The molecule has 1 saturated carbocycles. The highest BCUT2D eigenvalue weighted by Crippen LogP contribution is 2.28. The summed E-state index contributed by atoms with van der Waals surface area (Å²) in [6.45, 7) is 5.55. The van der Waals surface area contributed by atoms with Crippen molar-refractivity contribution in [3.8, 4) is 0 Å². The largest absolute Gasteiger partial charge is 0.469 e. The van der Waals surface area contributed by atoms with Crippen LogP contribution in [0.5, 0.6) is 0 Å². The van der Waals surface area contributed by atoms with Crippen molar-refractivity contribution in [2.45, 2.75) is 115 Å². The second-order valence-corrected chi connectivity index (χ2v) is 12.0. The summed E-state index contributed by atoms with van der Waals surface area (Å²) < 4.78 is 23.2. The van der Waals surface area contributed by atoms with E-state index in [2.05, 4.69) is 20.7 Å². The maximum absolute atomic E-state index is 13.1. The molecule has 1 aliphatic rings. The molecule has 0 bridgehead atoms. The second kappa shape index (κ2) is 17.7. The second-order valence-electron chi connectivity index (χ2n) is 12.0. The first-order valence-electron chi connectivity index (χ1n) is 14.9. The van der Waals surface area contributed by atoms with Crippen molar-refractivity contribution in [3.05, 3.63) is 35.6 Å². The molecule has 1 aliphatic carbocycles. The third-order valence-electron chi connectivity index (χ3n) is 7.24. The number of alkyl carbamates (subject to hydrolysis) is 1. The van der Waals surface area contributed by atoms with E-state index in [-0.39, 0.29) is 25.1 Å². The zero-order valence-electron chi connectivity index (χ0n) is 25.4. The molecule has 2 rings (SSSR count). The zero-order valence-corrected chi connectivity index (χ0v) is 25.4. The van der Waals surface area contributed by atoms with Crippen LogP contribution in [0, 0.1) is 11.7 Å². The number of ether oxygens (including phenoxy) is 2. The molecule has 3 amide bonds. The Morgan fingerprint density at radius 2 is 1.71 bits per heavy atom. The number of rotatable bonds is 15. The summed E-state index contributed by atoms with van der Waals surface area (Å²) in [6.07, 6.45) is 4.73. The Morgan fingerprint density at radius 3 is 2.33 bits per heavy atom. The smallest absolute Gasteiger partial charge is 0.407 e. The SMILES string of the molecule is COC(=O)CC[C@H](NC(=O)CC(O)C(CC1CCCCC1)NC(=O)OC(C)(C)C)C(=O)NCCCc1ccc(F)cc1. The van der Waals surface area contributed by atoms with E-state index in [9.17, 15) is 28.7 Å². The monoisotopic (exact) mass is 593 g/mol. The minimum Gasteiger partial charge on any atom is -0.469 e. The molecule has 3 atom stereocenters. The lowest BCUT2D eigenvalue weighted by atomic mass is 9.83. The lowest BCUT2D eigenvalue weighted by Gasteiger charge is -2.31. The molecule has 1 fully saturated rings. The molecule has 42 heavy (non-hydrogen) atoms. The first kappa shape index (κ1) is 35.0. The van der Waals surface area contributed by atoms with E-state index in [1.165, 1.54) is 19.2 Å². The van der Waals surface area contributed by atoms with Crippen LogP contribution in [-0.4, -0.2) is 66.4 Å². The van der Waals surface area contributed by atoms with Crippen molar-refractivity contribution in [1.29, 1.82) is 0 Å². The summed E-state index contributed by atoms with van der Waals surface area (Å²) in [5.74, 6) is -1.58. The number of esters is 1. The van der Waals surface area contributed by atoms with E-state index in [4.69, 9.17) is 4.74 Å². The topological polar surface area (TPSA) is 143 Å². The molecule has 0 aromatic heterocycles. The molecule has 11 heteroatoms. The molecule has 10 nitrogen and oxygen atoms in total. The highest BCUT2D eigenvalue weighted by molar-refractivity contribution is 5.88. The fraction of sp³-hybridized carbons (Fsp3) is 0.677. The van der Waals surface area contributed by atoms with Gasteiger partial charge in [-0.15, -0.1) is 0 Å². The Morgan fingerprint density at radius 1 is 1.05 bits per heavy atom. The molecular weight excluding hydrogens is 545 g/mol. The number of aryl methyl sites for hydroxylation is 1. The van der Waals surface area contributed by atoms with Gasteiger partial charge in [-0.2, -0.15) is 0 Å². The van der Waals surface area contributed by atoms with Crippen LogP contribution in [0.25, 0.3) is 0 Å². The van der Waals surface area contributed by atoms with Crippen LogP contribution in [0.15, 0.2) is 24.3 Å². The number of aliphatic hydroxyl groups excluding tert-OH is 1. The van der Waals surface area contributed by atoms with Gasteiger partial charge in [0.05, 0.1) is 25.7 Å². The highest BCUT2D eigenvalue weighted by atomic mass is 19.1. The minimum atomic E-state index is -1.21. The molecule has 0 radical (unpaired) electrons. The molecule has 0 saturated heterocycles. The fourth-order valence-corrected chi connectivity index (χ4v) is 5.05. The van der Waals surface area contributed by atoms with Gasteiger partial charge in [-0.25, -0.2) is 9.18 Å². The van der Waals surface area contributed by atoms with Gasteiger partial charge in [-0.05, 0) is 70.1 Å². The van der Waals surface area contributed by atoms with E-state index >= 15 is 0 Å². The van der Waals surface area contributed by atoms with E-state index in [1.54, 1.807) is 32.9 Å². The molecule has 236 valence electrons. The molecule has 0 aliphatic heterocycles. The number of carbonyl (C=O) groups is 4. The number of amides is 3. The molecular formula is C31H48FN3O7. The fourth-order valence-electron chi connectivity index (χ4n) is 5.05. The van der Waals surface area contributed by atoms with Crippen molar-refractivity contribution in [2.24, 2.45) is 5.92 Å². The maximum Gasteiger partial charge on any atom is 0.407 e. The zero-order chi connectivity index (χ0) is 31.1. The standard InChI is InChI=1S/C31H48FN3O7/c1-31(2,3)42-30(40)35-25(19-22-9-6-5-7-10-22)26(36)20-27(37)34-24(16-17-28(38)41-4)29(39)33-18-8-11-21-12-14-23(32)15-13-21/h12-15,22,24-26,36H,5-11,16-20H2,1-4H3,(H,33,39)(H,34,37)(H,35,40)/t24-,25?,26?/m0/s1. The summed E-state index contributed by atoms with van der Waals surface area (Å²) >= 11 is 0. The number of halogens is 1. The third-order valence-corrected chi connectivity index (χ3v) is 7.24. The van der Waals surface area contributed by atoms with Gasteiger partial charge in [0, 0.05) is 13.0 Å². The number of carbonyl (C=O) groups excluding carboxylic acids is 4. The molecule has 0 spiro atoms. The Labute approximate surface area is 248 Å². The van der Waals surface area contributed by atoms with Crippen LogP contribution in [0.1, 0.15) is 90.5 Å². The predicted octanol–water partition coefficient (Wildman–Crippen LogP) is 3.93. The van der Waals surface area contributed by atoms with Gasteiger partial charge in [0.2, 0.25) is 11.8 Å². The number of hydrogen-bond donors (Lipinski definition) is 4. The van der Waals surface area contributed by atoms with Crippen LogP contribution >= 0.6 is 0 Å². The first-order valence-corrected chi connectivity index (χ1v) is 14.9. The van der Waals surface area contributed by atoms with Crippen molar-refractivity contribution in [2.75, 3.05) is 13.7 Å².